The maximum Gasteiger partial charge on any atom is 0.105 e. The van der Waals surface area contributed by atoms with Crippen LogP contribution in [0.2, 0.25) is 0 Å². The lowest BCUT2D eigenvalue weighted by molar-refractivity contribution is -0.165. The summed E-state index contributed by atoms with van der Waals surface area (Å²) in [5.74, 6) is 0.648. The first-order valence-electron chi connectivity index (χ1n) is 13.0. The Morgan fingerprint density at radius 3 is 2.83 bits per heavy atom. The number of fused-ring (bicyclic) bond motifs is 2. The molecule has 7 rings (SSSR count). The first kappa shape index (κ1) is 22.0. The maximum atomic E-state index is 11.2. The number of aliphatic hydroxyl groups excluding tert-OH is 2. The Morgan fingerprint density at radius 2 is 2.03 bits per heavy atom. The second kappa shape index (κ2) is 6.94. The van der Waals surface area contributed by atoms with E-state index in [-0.39, 0.29) is 17.1 Å². The summed E-state index contributed by atoms with van der Waals surface area (Å²) in [5.41, 5.74) is 4.95. The predicted molar refractivity (Wildman–Crippen MR) is 136 cm³/mol. The standard InChI is InChI=1S/C29H35N3O3/c1-16-11-19-13-21-25(33)26(34)23(32(3)4)14-28(21)9-10-29(19,35-28)24-8-6-20(27(16,24)2)17-5-7-22-18(12-17)15-30-31-22/h5-7,11-13,15-16,23-26,33-34H,8-10,14H2,1-4H3,(H,30,31)/t16?,23-,24?,25+,26+,27+,28+,29+/m0/s1. The van der Waals surface area contributed by atoms with E-state index in [9.17, 15) is 10.2 Å². The van der Waals surface area contributed by atoms with Gasteiger partial charge in [-0.25, -0.2) is 0 Å². The van der Waals surface area contributed by atoms with E-state index in [4.69, 9.17) is 4.74 Å². The third-order valence-corrected chi connectivity index (χ3v) is 10.4. The first-order valence-corrected chi connectivity index (χ1v) is 13.0. The van der Waals surface area contributed by atoms with Crippen molar-refractivity contribution in [2.45, 2.75) is 69.0 Å². The molecule has 6 nitrogen and oxygen atoms in total. The Bertz CT molecular complexity index is 1320. The molecule has 2 aliphatic heterocycles. The molecular weight excluding hydrogens is 438 g/mol. The molecule has 1 aromatic heterocycles. The molecule has 1 saturated carbocycles. The maximum absolute atomic E-state index is 11.2. The number of rotatable bonds is 2. The molecule has 8 atom stereocenters. The molecule has 0 amide bonds. The number of allylic oxidation sites excluding steroid dienone is 3. The van der Waals surface area contributed by atoms with Crippen molar-refractivity contribution in [3.05, 3.63) is 59.3 Å². The number of aromatic nitrogens is 2. The van der Waals surface area contributed by atoms with E-state index >= 15 is 0 Å². The molecule has 0 radical (unpaired) electrons. The second-order valence-electron chi connectivity index (χ2n) is 12.0. The van der Waals surface area contributed by atoms with Crippen molar-refractivity contribution in [1.29, 1.82) is 0 Å². The molecule has 1 aromatic carbocycles. The molecule has 3 heterocycles. The van der Waals surface area contributed by atoms with Gasteiger partial charge < -0.3 is 19.8 Å². The molecule has 2 fully saturated rings. The lowest BCUT2D eigenvalue weighted by atomic mass is 9.54. The van der Waals surface area contributed by atoms with E-state index in [1.165, 1.54) is 16.7 Å². The van der Waals surface area contributed by atoms with Crippen LogP contribution in [0.25, 0.3) is 16.5 Å². The number of nitrogens with zero attached hydrogens (tertiary/aromatic N) is 2. The molecule has 1 saturated heterocycles. The van der Waals surface area contributed by atoms with E-state index in [1.807, 2.05) is 25.2 Å². The zero-order chi connectivity index (χ0) is 24.3. The van der Waals surface area contributed by atoms with E-state index in [0.717, 1.165) is 42.2 Å². The summed E-state index contributed by atoms with van der Waals surface area (Å²) in [5, 5.41) is 30.5. The van der Waals surface area contributed by atoms with Crippen LogP contribution < -0.4 is 0 Å². The summed E-state index contributed by atoms with van der Waals surface area (Å²) in [6, 6.07) is 6.49. The molecule has 3 aliphatic carbocycles. The van der Waals surface area contributed by atoms with Gasteiger partial charge in [0.05, 0.1) is 29.0 Å². The van der Waals surface area contributed by atoms with Gasteiger partial charge in [-0.2, -0.15) is 5.10 Å². The Balaban J connectivity index is 1.33. The van der Waals surface area contributed by atoms with Crippen LogP contribution in [0.4, 0.5) is 0 Å². The number of H-pyrrole nitrogens is 1. The van der Waals surface area contributed by atoms with Crippen molar-refractivity contribution < 1.29 is 14.9 Å². The van der Waals surface area contributed by atoms with E-state index in [1.54, 1.807) is 0 Å². The van der Waals surface area contributed by atoms with Crippen LogP contribution >= 0.6 is 0 Å². The van der Waals surface area contributed by atoms with Crippen molar-refractivity contribution >= 4 is 16.5 Å². The summed E-state index contributed by atoms with van der Waals surface area (Å²) in [6.07, 6.45) is 10.8. The van der Waals surface area contributed by atoms with Gasteiger partial charge in [-0.1, -0.05) is 38.1 Å². The van der Waals surface area contributed by atoms with Gasteiger partial charge in [0.15, 0.2) is 0 Å². The first-order chi connectivity index (χ1) is 16.7. The van der Waals surface area contributed by atoms with Crippen LogP contribution in [0.1, 0.15) is 45.1 Å². The van der Waals surface area contributed by atoms with Crippen molar-refractivity contribution in [1.82, 2.24) is 15.1 Å². The SMILES string of the molecule is CC1C=C2C=C3[C@@H](O)[C@H](O)[C@@H](N(C)C)C[C@]34CC[C@]2(O4)C2CC=C(c3ccc4[nH]ncc4c3)[C@@]12C. The van der Waals surface area contributed by atoms with E-state index in [2.05, 4.69) is 60.5 Å². The molecule has 2 bridgehead atoms. The lowest BCUT2D eigenvalue weighted by Crippen LogP contribution is -2.62. The molecule has 2 spiro atoms. The average molecular weight is 474 g/mol. The van der Waals surface area contributed by atoms with Gasteiger partial charge in [0.2, 0.25) is 0 Å². The third kappa shape index (κ3) is 2.61. The second-order valence-corrected chi connectivity index (χ2v) is 12.0. The monoisotopic (exact) mass is 473 g/mol. The quantitative estimate of drug-likeness (QED) is 0.618. The van der Waals surface area contributed by atoms with Gasteiger partial charge in [0, 0.05) is 22.8 Å². The Hall–Kier alpha value is -2.25. The van der Waals surface area contributed by atoms with Crippen LogP contribution in [-0.4, -0.2) is 68.9 Å². The highest BCUT2D eigenvalue weighted by molar-refractivity contribution is 5.85. The van der Waals surface area contributed by atoms with Crippen molar-refractivity contribution in [3.8, 4) is 0 Å². The third-order valence-electron chi connectivity index (χ3n) is 10.4. The minimum atomic E-state index is -0.893. The van der Waals surface area contributed by atoms with Gasteiger partial charge in [-0.05, 0) is 80.1 Å². The summed E-state index contributed by atoms with van der Waals surface area (Å²) in [7, 11) is 3.96. The van der Waals surface area contributed by atoms with Crippen molar-refractivity contribution in [2.75, 3.05) is 14.1 Å². The normalized spacial score (nSPS) is 44.0. The van der Waals surface area contributed by atoms with Gasteiger partial charge in [0.25, 0.3) is 0 Å². The van der Waals surface area contributed by atoms with Gasteiger partial charge in [0.1, 0.15) is 6.10 Å². The van der Waals surface area contributed by atoms with Crippen LogP contribution in [0.5, 0.6) is 0 Å². The minimum absolute atomic E-state index is 0.0501. The number of likely N-dealkylation sites (N-methyl/N-ethyl adjacent to an activating group) is 1. The van der Waals surface area contributed by atoms with Gasteiger partial charge in [-0.3, -0.25) is 5.10 Å². The van der Waals surface area contributed by atoms with Crippen molar-refractivity contribution in [3.63, 3.8) is 0 Å². The van der Waals surface area contributed by atoms with Crippen LogP contribution in [0.3, 0.4) is 0 Å². The summed E-state index contributed by atoms with van der Waals surface area (Å²) >= 11 is 0. The van der Waals surface area contributed by atoms with Gasteiger partial charge in [-0.15, -0.1) is 0 Å². The number of hydrogen-bond acceptors (Lipinski definition) is 5. The number of benzene rings is 1. The number of hydrogen-bond donors (Lipinski definition) is 3. The minimum Gasteiger partial charge on any atom is -0.388 e. The highest BCUT2D eigenvalue weighted by Crippen LogP contribution is 2.69. The molecule has 6 heteroatoms. The van der Waals surface area contributed by atoms with Crippen molar-refractivity contribution in [2.24, 2.45) is 17.3 Å². The zero-order valence-electron chi connectivity index (χ0n) is 21.0. The van der Waals surface area contributed by atoms with Crippen LogP contribution in [0.15, 0.2) is 53.8 Å². The summed E-state index contributed by atoms with van der Waals surface area (Å²) in [6.45, 7) is 4.75. The smallest absolute Gasteiger partial charge is 0.105 e. The fraction of sp³-hybridized carbons (Fsp3) is 0.552. The van der Waals surface area contributed by atoms with Crippen LogP contribution in [0, 0.1) is 17.3 Å². The summed E-state index contributed by atoms with van der Waals surface area (Å²) in [4.78, 5) is 2.04. The number of aliphatic hydroxyl groups is 2. The molecule has 2 aromatic rings. The summed E-state index contributed by atoms with van der Waals surface area (Å²) < 4.78 is 7.27. The lowest BCUT2D eigenvalue weighted by Gasteiger charge is -2.57. The fourth-order valence-corrected chi connectivity index (χ4v) is 8.37. The van der Waals surface area contributed by atoms with E-state index in [0.29, 0.717) is 11.8 Å². The average Bonchev–Trinajstić information content (AvgIpc) is 3.52. The Kier molecular flexibility index (Phi) is 4.36. The topological polar surface area (TPSA) is 81.6 Å². The fourth-order valence-electron chi connectivity index (χ4n) is 8.37. The highest BCUT2D eigenvalue weighted by Gasteiger charge is 2.68. The number of ether oxygens (including phenoxy) is 1. The number of aromatic amines is 1. The molecule has 35 heavy (non-hydrogen) atoms. The predicted octanol–water partition coefficient (Wildman–Crippen LogP) is 3.83. The molecule has 3 N–H and O–H groups in total. The molecule has 2 unspecified atom stereocenters. The van der Waals surface area contributed by atoms with E-state index < -0.39 is 17.8 Å². The Morgan fingerprint density at radius 1 is 1.20 bits per heavy atom. The highest BCUT2D eigenvalue weighted by atomic mass is 16.5. The Labute approximate surface area is 206 Å². The molecule has 184 valence electrons. The van der Waals surface area contributed by atoms with Gasteiger partial charge >= 0.3 is 0 Å². The number of nitrogens with one attached hydrogen (secondary N) is 1. The van der Waals surface area contributed by atoms with Crippen LogP contribution in [-0.2, 0) is 4.74 Å². The zero-order valence-corrected chi connectivity index (χ0v) is 21.0. The molecule has 5 aliphatic rings. The molecular formula is C29H35N3O3. The largest absolute Gasteiger partial charge is 0.388 e.